The first kappa shape index (κ1) is 36.3. The third-order valence-electron chi connectivity index (χ3n) is 15.9. The van der Waals surface area contributed by atoms with E-state index in [2.05, 4.69) is 80.6 Å². The minimum Gasteiger partial charge on any atom is -0.481 e. The van der Waals surface area contributed by atoms with Gasteiger partial charge in [-0.05, 0) is 91.3 Å². The topological polar surface area (TPSA) is 97.3 Å². The van der Waals surface area contributed by atoms with Crippen molar-refractivity contribution in [1.29, 1.82) is 0 Å². The van der Waals surface area contributed by atoms with Gasteiger partial charge in [0.25, 0.3) is 0 Å². The van der Waals surface area contributed by atoms with E-state index in [4.69, 9.17) is 14.2 Å². The van der Waals surface area contributed by atoms with Gasteiger partial charge in [0.05, 0.1) is 44.6 Å². The summed E-state index contributed by atoms with van der Waals surface area (Å²) in [7, 11) is 1.84. The summed E-state index contributed by atoms with van der Waals surface area (Å²) in [6.45, 7) is 25.4. The maximum absolute atomic E-state index is 13.4. The number of rotatable bonds is 11. The SMILES string of the molecule is CO[C@@H]1C[C@@]23COC[C@@](C)([C@@H]2CC[C@H]2C3=CC[C@@]3(C)[C@H](C(=O)O)[C@@](C)([C@H](C)C(C)C)CC[C@]23C)[C@H]1OC[C@](C)(NCCO)C(C)C. The predicted molar refractivity (Wildman–Crippen MR) is 182 cm³/mol. The third kappa shape index (κ3) is 5.10. The molecule has 3 N–H and O–H groups in total. The summed E-state index contributed by atoms with van der Waals surface area (Å²) in [5.41, 5.74) is 0.272. The van der Waals surface area contributed by atoms with E-state index < -0.39 is 5.97 Å². The van der Waals surface area contributed by atoms with Gasteiger partial charge >= 0.3 is 5.97 Å². The van der Waals surface area contributed by atoms with Gasteiger partial charge in [-0.25, -0.2) is 0 Å². The molecule has 264 valence electrons. The van der Waals surface area contributed by atoms with Crippen LogP contribution in [0.15, 0.2) is 11.6 Å². The van der Waals surface area contributed by atoms with E-state index in [-0.39, 0.29) is 57.3 Å². The van der Waals surface area contributed by atoms with Crippen LogP contribution < -0.4 is 5.32 Å². The van der Waals surface area contributed by atoms with Crippen LogP contribution in [0.4, 0.5) is 0 Å². The third-order valence-corrected chi connectivity index (χ3v) is 15.9. The number of fused-ring (bicyclic) bond motifs is 3. The van der Waals surface area contributed by atoms with Crippen LogP contribution in [0.25, 0.3) is 0 Å². The lowest BCUT2D eigenvalue weighted by molar-refractivity contribution is -0.270. The Morgan fingerprint density at radius 2 is 1.78 bits per heavy atom. The second kappa shape index (κ2) is 12.4. The number of hydrogen-bond donors (Lipinski definition) is 3. The van der Waals surface area contributed by atoms with E-state index >= 15 is 0 Å². The highest BCUT2D eigenvalue weighted by molar-refractivity contribution is 5.73. The van der Waals surface area contributed by atoms with Gasteiger partial charge in [-0.1, -0.05) is 74.0 Å². The first-order valence-electron chi connectivity index (χ1n) is 18.4. The van der Waals surface area contributed by atoms with Crippen molar-refractivity contribution >= 4 is 5.97 Å². The minimum absolute atomic E-state index is 0.0616. The fourth-order valence-corrected chi connectivity index (χ4v) is 12.1. The molecule has 0 aromatic rings. The van der Waals surface area contributed by atoms with E-state index in [1.54, 1.807) is 0 Å². The van der Waals surface area contributed by atoms with E-state index in [0.29, 0.717) is 56.0 Å². The summed E-state index contributed by atoms with van der Waals surface area (Å²) >= 11 is 0. The van der Waals surface area contributed by atoms with Crippen molar-refractivity contribution < 1.29 is 29.2 Å². The maximum Gasteiger partial charge on any atom is 0.307 e. The number of nitrogens with one attached hydrogen (secondary N) is 1. The smallest absolute Gasteiger partial charge is 0.307 e. The van der Waals surface area contributed by atoms with Crippen LogP contribution in [-0.2, 0) is 19.0 Å². The highest BCUT2D eigenvalue weighted by atomic mass is 16.5. The van der Waals surface area contributed by atoms with Gasteiger partial charge in [-0.15, -0.1) is 0 Å². The summed E-state index contributed by atoms with van der Waals surface area (Å²) in [6.07, 6.45) is 8.24. The molecule has 4 fully saturated rings. The summed E-state index contributed by atoms with van der Waals surface area (Å²) < 4.78 is 20.0. The Balaban J connectivity index is 1.52. The van der Waals surface area contributed by atoms with Crippen molar-refractivity contribution in [1.82, 2.24) is 5.32 Å². The Bertz CT molecular complexity index is 1170. The monoisotopic (exact) mass is 645 g/mol. The quantitative estimate of drug-likeness (QED) is 0.209. The molecule has 1 saturated heterocycles. The summed E-state index contributed by atoms with van der Waals surface area (Å²) in [5, 5.41) is 24.1. The molecule has 0 aromatic carbocycles. The number of aliphatic hydroxyl groups excluding tert-OH is 1. The van der Waals surface area contributed by atoms with E-state index in [1.165, 1.54) is 5.57 Å². The number of carboxylic acid groups (broad SMARTS) is 1. The van der Waals surface area contributed by atoms with Gasteiger partial charge in [0.1, 0.15) is 0 Å². The number of β-amino-alcohol motifs (C(OH)–C–C–N with tert-alkyl or cyclic N) is 1. The second-order valence-electron chi connectivity index (χ2n) is 18.3. The van der Waals surface area contributed by atoms with Gasteiger partial charge in [0.15, 0.2) is 0 Å². The second-order valence-corrected chi connectivity index (χ2v) is 18.3. The largest absolute Gasteiger partial charge is 0.481 e. The molecular weight excluding hydrogens is 578 g/mol. The molecule has 0 aromatic heterocycles. The van der Waals surface area contributed by atoms with E-state index in [1.807, 2.05) is 7.11 Å². The zero-order valence-electron chi connectivity index (χ0n) is 31.0. The number of ether oxygens (including phenoxy) is 3. The first-order chi connectivity index (χ1) is 21.4. The Kier molecular flexibility index (Phi) is 9.79. The normalized spacial score (nSPS) is 45.7. The lowest BCUT2D eigenvalue weighted by atomic mass is 9.34. The Morgan fingerprint density at radius 3 is 2.37 bits per heavy atom. The van der Waals surface area contributed by atoms with Crippen molar-refractivity contribution in [2.24, 2.45) is 62.6 Å². The van der Waals surface area contributed by atoms with E-state index in [0.717, 1.165) is 38.5 Å². The van der Waals surface area contributed by atoms with Crippen molar-refractivity contribution in [2.45, 2.75) is 126 Å². The van der Waals surface area contributed by atoms with E-state index in [9.17, 15) is 15.0 Å². The minimum atomic E-state index is -0.611. The molecule has 1 heterocycles. The van der Waals surface area contributed by atoms with Crippen LogP contribution >= 0.6 is 0 Å². The predicted octanol–water partition coefficient (Wildman–Crippen LogP) is 6.97. The molecule has 12 atom stereocenters. The van der Waals surface area contributed by atoms with Gasteiger partial charge < -0.3 is 29.7 Å². The summed E-state index contributed by atoms with van der Waals surface area (Å²) in [6, 6.07) is 0. The number of carbonyl (C=O) groups is 1. The zero-order chi connectivity index (χ0) is 34.1. The van der Waals surface area contributed by atoms with Gasteiger partial charge in [-0.3, -0.25) is 4.79 Å². The molecule has 7 heteroatoms. The van der Waals surface area contributed by atoms with Crippen molar-refractivity contribution in [3.63, 3.8) is 0 Å². The zero-order valence-corrected chi connectivity index (χ0v) is 31.0. The number of aliphatic carboxylic acids is 1. The first-order valence-corrected chi connectivity index (χ1v) is 18.4. The molecule has 2 bridgehead atoms. The number of carboxylic acids is 1. The number of aliphatic hydroxyl groups is 1. The fraction of sp³-hybridized carbons (Fsp3) is 0.923. The van der Waals surface area contributed by atoms with Crippen LogP contribution in [0.2, 0.25) is 0 Å². The van der Waals surface area contributed by atoms with Crippen LogP contribution in [0.1, 0.15) is 108 Å². The van der Waals surface area contributed by atoms with Gasteiger partial charge in [0.2, 0.25) is 0 Å². The van der Waals surface area contributed by atoms with Crippen LogP contribution in [0.3, 0.4) is 0 Å². The molecule has 0 unspecified atom stereocenters. The molecular formula is C39H67NO6. The Hall–Kier alpha value is -0.990. The van der Waals surface area contributed by atoms with Gasteiger partial charge in [0, 0.05) is 30.0 Å². The van der Waals surface area contributed by atoms with Gasteiger partial charge in [-0.2, -0.15) is 0 Å². The molecule has 4 aliphatic carbocycles. The molecule has 5 aliphatic rings. The van der Waals surface area contributed by atoms with Crippen molar-refractivity contribution in [3.8, 4) is 0 Å². The van der Waals surface area contributed by atoms with Crippen LogP contribution in [0, 0.1) is 62.6 Å². The highest BCUT2D eigenvalue weighted by Crippen LogP contribution is 2.75. The molecule has 1 aliphatic heterocycles. The number of hydrogen-bond acceptors (Lipinski definition) is 6. The number of allylic oxidation sites excluding steroid dienone is 1. The molecule has 3 saturated carbocycles. The molecule has 7 nitrogen and oxygen atoms in total. The molecule has 0 amide bonds. The summed E-state index contributed by atoms with van der Waals surface area (Å²) in [5.74, 6) is 0.857. The number of methoxy groups -OCH3 is 1. The van der Waals surface area contributed by atoms with Crippen molar-refractivity contribution in [3.05, 3.63) is 11.6 Å². The summed E-state index contributed by atoms with van der Waals surface area (Å²) in [4.78, 5) is 13.4. The molecule has 0 radical (unpaired) electrons. The van der Waals surface area contributed by atoms with Crippen LogP contribution in [-0.4, -0.2) is 74.0 Å². The average molecular weight is 646 g/mol. The molecule has 5 rings (SSSR count). The lowest BCUT2D eigenvalue weighted by Gasteiger charge is -2.71. The maximum atomic E-state index is 13.4. The van der Waals surface area contributed by atoms with Crippen LogP contribution in [0.5, 0.6) is 0 Å². The standard InChI is InChI=1S/C39H67NO6/c1-24(2)26(5)34(6)16-17-36(8)27-12-13-30-35(7)21-45-23-39(30,28(27)14-15-37(36,9)31(34)33(42)43)20-29(44-11)32(35)46-22-38(10,25(3)4)40-18-19-41/h14,24-27,29-32,40-41H,12-13,15-23H2,1-11H3,(H,42,43)/t26-,27+,29-,30+,31-,32+,34-,35+,36-,37+,38+,39+/m1/s1. The Labute approximate surface area is 280 Å². The fourth-order valence-electron chi connectivity index (χ4n) is 12.1. The highest BCUT2D eigenvalue weighted by Gasteiger charge is 2.71. The molecule has 0 spiro atoms. The lowest BCUT2D eigenvalue weighted by Crippen LogP contribution is -2.70. The molecule has 46 heavy (non-hydrogen) atoms. The average Bonchev–Trinajstić information content (AvgIpc) is 2.98. The Morgan fingerprint density at radius 1 is 1.09 bits per heavy atom. The van der Waals surface area contributed by atoms with Crippen molar-refractivity contribution in [2.75, 3.05) is 40.1 Å².